The summed E-state index contributed by atoms with van der Waals surface area (Å²) in [6.07, 6.45) is 1.47. The number of aromatic amines is 1. The van der Waals surface area contributed by atoms with Gasteiger partial charge in [-0.05, 0) is 12.1 Å². The molecule has 0 saturated heterocycles. The SMILES string of the molecule is Nc1[nH]ncc1CNC(=O)c1ccc(O)cc1F. The van der Waals surface area contributed by atoms with Gasteiger partial charge >= 0.3 is 0 Å². The van der Waals surface area contributed by atoms with E-state index in [-0.39, 0.29) is 17.9 Å². The van der Waals surface area contributed by atoms with Gasteiger partial charge in [-0.1, -0.05) is 0 Å². The van der Waals surface area contributed by atoms with Gasteiger partial charge in [0.1, 0.15) is 17.4 Å². The van der Waals surface area contributed by atoms with Crippen LogP contribution in [0.4, 0.5) is 10.2 Å². The average Bonchev–Trinajstić information content (AvgIpc) is 2.72. The van der Waals surface area contributed by atoms with Gasteiger partial charge in [0.25, 0.3) is 5.91 Å². The number of amides is 1. The molecule has 18 heavy (non-hydrogen) atoms. The predicted octanol–water partition coefficient (Wildman–Crippen LogP) is 0.767. The number of hydrogen-bond acceptors (Lipinski definition) is 4. The maximum absolute atomic E-state index is 13.4. The molecule has 5 N–H and O–H groups in total. The van der Waals surface area contributed by atoms with Crippen LogP contribution in [0.15, 0.2) is 24.4 Å². The van der Waals surface area contributed by atoms with Crippen LogP contribution in [0.1, 0.15) is 15.9 Å². The van der Waals surface area contributed by atoms with Crippen molar-refractivity contribution in [3.05, 3.63) is 41.3 Å². The van der Waals surface area contributed by atoms with Gasteiger partial charge in [0, 0.05) is 18.2 Å². The lowest BCUT2D eigenvalue weighted by atomic mass is 10.2. The monoisotopic (exact) mass is 250 g/mol. The molecule has 0 unspecified atom stereocenters. The van der Waals surface area contributed by atoms with Crippen LogP contribution in [0.2, 0.25) is 0 Å². The van der Waals surface area contributed by atoms with Crippen LogP contribution >= 0.6 is 0 Å². The molecule has 0 atom stereocenters. The maximum Gasteiger partial charge on any atom is 0.254 e. The molecular formula is C11H11FN4O2. The second-order valence-corrected chi connectivity index (χ2v) is 3.66. The standard InChI is InChI=1S/C11H11FN4O2/c12-9-3-7(17)1-2-8(9)11(18)14-4-6-5-15-16-10(6)13/h1-3,5,17H,4H2,(H,14,18)(H3,13,15,16). The Bertz CT molecular complexity index is 582. The van der Waals surface area contributed by atoms with Crippen molar-refractivity contribution in [1.82, 2.24) is 15.5 Å². The summed E-state index contributed by atoms with van der Waals surface area (Å²) in [5.41, 5.74) is 6.01. The van der Waals surface area contributed by atoms with E-state index in [0.29, 0.717) is 11.4 Å². The summed E-state index contributed by atoms with van der Waals surface area (Å²) in [4.78, 5) is 11.7. The molecule has 1 aromatic carbocycles. The van der Waals surface area contributed by atoms with E-state index < -0.39 is 11.7 Å². The number of H-pyrrole nitrogens is 1. The van der Waals surface area contributed by atoms with Crippen LogP contribution < -0.4 is 11.1 Å². The maximum atomic E-state index is 13.4. The number of halogens is 1. The Kier molecular flexibility index (Phi) is 3.13. The quantitative estimate of drug-likeness (QED) is 0.645. The van der Waals surface area contributed by atoms with Gasteiger partial charge in [0.05, 0.1) is 11.8 Å². The van der Waals surface area contributed by atoms with E-state index in [1.807, 2.05) is 0 Å². The van der Waals surface area contributed by atoms with Crippen molar-refractivity contribution in [2.75, 3.05) is 5.73 Å². The number of nitrogens with two attached hydrogens (primary N) is 1. The fourth-order valence-electron chi connectivity index (χ4n) is 1.42. The highest BCUT2D eigenvalue weighted by atomic mass is 19.1. The van der Waals surface area contributed by atoms with Crippen molar-refractivity contribution < 1.29 is 14.3 Å². The molecule has 2 aromatic rings. The summed E-state index contributed by atoms with van der Waals surface area (Å²) in [6, 6.07) is 3.32. The smallest absolute Gasteiger partial charge is 0.254 e. The molecule has 0 saturated carbocycles. The summed E-state index contributed by atoms with van der Waals surface area (Å²) in [5.74, 6) is -1.26. The second kappa shape index (κ2) is 4.74. The highest BCUT2D eigenvalue weighted by Crippen LogP contribution is 2.15. The lowest BCUT2D eigenvalue weighted by molar-refractivity contribution is 0.0947. The Balaban J connectivity index is 2.06. The highest BCUT2D eigenvalue weighted by molar-refractivity contribution is 5.94. The summed E-state index contributed by atoms with van der Waals surface area (Å²) in [6.45, 7) is 0.140. The molecule has 6 nitrogen and oxygen atoms in total. The molecule has 7 heteroatoms. The van der Waals surface area contributed by atoms with Crippen molar-refractivity contribution in [2.45, 2.75) is 6.54 Å². The molecule has 0 radical (unpaired) electrons. The molecular weight excluding hydrogens is 239 g/mol. The zero-order valence-corrected chi connectivity index (χ0v) is 9.27. The molecule has 0 aliphatic carbocycles. The first-order valence-corrected chi connectivity index (χ1v) is 5.12. The Morgan fingerprint density at radius 3 is 2.94 bits per heavy atom. The van der Waals surface area contributed by atoms with E-state index in [1.54, 1.807) is 0 Å². The van der Waals surface area contributed by atoms with E-state index in [4.69, 9.17) is 10.8 Å². The lowest BCUT2D eigenvalue weighted by Crippen LogP contribution is -2.24. The van der Waals surface area contributed by atoms with E-state index >= 15 is 0 Å². The number of carbonyl (C=O) groups is 1. The topological polar surface area (TPSA) is 104 Å². The molecule has 0 bridgehead atoms. The average molecular weight is 250 g/mol. The highest BCUT2D eigenvalue weighted by Gasteiger charge is 2.12. The predicted molar refractivity (Wildman–Crippen MR) is 62.2 cm³/mol. The molecule has 0 aliphatic rings. The fourth-order valence-corrected chi connectivity index (χ4v) is 1.42. The first-order valence-electron chi connectivity index (χ1n) is 5.12. The van der Waals surface area contributed by atoms with Gasteiger partial charge in [0.2, 0.25) is 0 Å². The molecule has 94 valence electrons. The Labute approximate surface area is 102 Å². The van der Waals surface area contributed by atoms with Gasteiger partial charge in [0.15, 0.2) is 0 Å². The van der Waals surface area contributed by atoms with Crippen LogP contribution in [0, 0.1) is 5.82 Å². The first kappa shape index (κ1) is 11.9. The third-order valence-electron chi connectivity index (χ3n) is 2.39. The molecule has 2 rings (SSSR count). The van der Waals surface area contributed by atoms with E-state index in [2.05, 4.69) is 15.5 Å². The van der Waals surface area contributed by atoms with Crippen molar-refractivity contribution in [1.29, 1.82) is 0 Å². The molecule has 1 heterocycles. The number of nitrogens with one attached hydrogen (secondary N) is 2. The lowest BCUT2D eigenvalue weighted by Gasteiger charge is -2.05. The van der Waals surface area contributed by atoms with E-state index in [9.17, 15) is 9.18 Å². The summed E-state index contributed by atoms with van der Waals surface area (Å²) < 4.78 is 13.4. The van der Waals surface area contributed by atoms with Crippen molar-refractivity contribution in [2.24, 2.45) is 0 Å². The van der Waals surface area contributed by atoms with Gasteiger partial charge in [-0.2, -0.15) is 5.10 Å². The largest absolute Gasteiger partial charge is 0.508 e. The normalized spacial score (nSPS) is 10.3. The minimum atomic E-state index is -0.785. The van der Waals surface area contributed by atoms with E-state index in [0.717, 1.165) is 6.07 Å². The molecule has 0 aliphatic heterocycles. The van der Waals surface area contributed by atoms with Gasteiger partial charge < -0.3 is 16.2 Å². The fraction of sp³-hybridized carbons (Fsp3) is 0.0909. The number of aromatic hydroxyl groups is 1. The number of nitrogens with zero attached hydrogens (tertiary/aromatic N) is 1. The summed E-state index contributed by atoms with van der Waals surface area (Å²) >= 11 is 0. The molecule has 0 spiro atoms. The van der Waals surface area contributed by atoms with Crippen LogP contribution in [0.5, 0.6) is 5.75 Å². The van der Waals surface area contributed by atoms with Crippen molar-refractivity contribution in [3.8, 4) is 5.75 Å². The van der Waals surface area contributed by atoms with Crippen LogP contribution in [-0.4, -0.2) is 21.2 Å². The van der Waals surface area contributed by atoms with Gasteiger partial charge in [-0.15, -0.1) is 0 Å². The number of anilines is 1. The van der Waals surface area contributed by atoms with Gasteiger partial charge in [-0.3, -0.25) is 9.89 Å². The number of aromatic nitrogens is 2. The summed E-state index contributed by atoms with van der Waals surface area (Å²) in [5, 5.41) is 17.8. The number of carbonyl (C=O) groups excluding carboxylic acids is 1. The van der Waals surface area contributed by atoms with Crippen molar-refractivity contribution >= 4 is 11.7 Å². The Hall–Kier alpha value is -2.57. The zero-order valence-electron chi connectivity index (χ0n) is 9.27. The van der Waals surface area contributed by atoms with Crippen LogP contribution in [0.3, 0.4) is 0 Å². The van der Waals surface area contributed by atoms with Gasteiger partial charge in [-0.25, -0.2) is 4.39 Å². The Morgan fingerprint density at radius 1 is 1.56 bits per heavy atom. The number of nitrogen functional groups attached to an aromatic ring is 1. The number of phenolic OH excluding ortho intramolecular Hbond substituents is 1. The number of hydrogen-bond donors (Lipinski definition) is 4. The zero-order chi connectivity index (χ0) is 13.1. The molecule has 0 fully saturated rings. The number of phenols is 1. The second-order valence-electron chi connectivity index (χ2n) is 3.66. The number of benzene rings is 1. The third kappa shape index (κ3) is 2.40. The molecule has 1 amide bonds. The minimum absolute atomic E-state index is 0.140. The third-order valence-corrected chi connectivity index (χ3v) is 2.39. The summed E-state index contributed by atoms with van der Waals surface area (Å²) in [7, 11) is 0. The van der Waals surface area contributed by atoms with Crippen molar-refractivity contribution in [3.63, 3.8) is 0 Å². The van der Waals surface area contributed by atoms with E-state index in [1.165, 1.54) is 18.3 Å². The Morgan fingerprint density at radius 2 is 2.33 bits per heavy atom. The molecule has 1 aromatic heterocycles. The first-order chi connectivity index (χ1) is 8.58. The number of rotatable bonds is 3. The van der Waals surface area contributed by atoms with Crippen LogP contribution in [-0.2, 0) is 6.54 Å². The minimum Gasteiger partial charge on any atom is -0.508 e. The van der Waals surface area contributed by atoms with Crippen LogP contribution in [0.25, 0.3) is 0 Å².